The van der Waals surface area contributed by atoms with Crippen molar-refractivity contribution in [2.24, 2.45) is 0 Å². The van der Waals surface area contributed by atoms with Crippen molar-refractivity contribution in [3.05, 3.63) is 34.3 Å². The third kappa shape index (κ3) is 2.25. The zero-order valence-corrected chi connectivity index (χ0v) is 10.7. The lowest BCUT2D eigenvalue weighted by molar-refractivity contribution is 0.312. The minimum absolute atomic E-state index is 0.498. The molecule has 0 amide bonds. The van der Waals surface area contributed by atoms with E-state index in [4.69, 9.17) is 0 Å². The minimum atomic E-state index is 0.498. The van der Waals surface area contributed by atoms with Crippen molar-refractivity contribution in [1.82, 2.24) is 19.9 Å². The molecule has 1 atom stereocenters. The summed E-state index contributed by atoms with van der Waals surface area (Å²) < 4.78 is 1.99. The lowest BCUT2D eigenvalue weighted by Crippen LogP contribution is -2.21. The van der Waals surface area contributed by atoms with Crippen LogP contribution in [-0.4, -0.2) is 33.0 Å². The maximum absolute atomic E-state index is 4.09. The smallest absolute Gasteiger partial charge is 0.0693 e. The van der Waals surface area contributed by atoms with Crippen LogP contribution in [0.1, 0.15) is 22.9 Å². The molecule has 0 saturated carbocycles. The normalized spacial score (nSPS) is 21.1. The molecule has 0 N–H and O–H groups in total. The molecule has 5 heteroatoms. The summed E-state index contributed by atoms with van der Waals surface area (Å²) in [4.78, 5) is 4.00. The summed E-state index contributed by atoms with van der Waals surface area (Å²) in [6, 6.07) is 2.70. The Morgan fingerprint density at radius 3 is 3.18 bits per heavy atom. The number of rotatable bonds is 3. The fourth-order valence-corrected chi connectivity index (χ4v) is 3.30. The first kappa shape index (κ1) is 10.9. The Hall–Kier alpha value is -1.20. The molecule has 1 saturated heterocycles. The molecule has 4 nitrogen and oxygen atoms in total. The lowest BCUT2D eigenvalue weighted by atomic mass is 10.3. The quantitative estimate of drug-likeness (QED) is 0.834. The van der Waals surface area contributed by atoms with Crippen molar-refractivity contribution in [1.29, 1.82) is 0 Å². The first-order chi connectivity index (χ1) is 8.33. The molecular formula is C12H16N4S. The minimum Gasteiger partial charge on any atom is -0.296 e. The molecule has 3 heterocycles. The van der Waals surface area contributed by atoms with Gasteiger partial charge < -0.3 is 0 Å². The van der Waals surface area contributed by atoms with Crippen molar-refractivity contribution in [2.45, 2.75) is 25.9 Å². The Balaban J connectivity index is 1.63. The summed E-state index contributed by atoms with van der Waals surface area (Å²) in [6.45, 7) is 5.51. The van der Waals surface area contributed by atoms with E-state index >= 15 is 0 Å². The molecule has 0 bridgehead atoms. The number of thiophene rings is 1. The van der Waals surface area contributed by atoms with Crippen LogP contribution in [0.3, 0.4) is 0 Å². The molecule has 17 heavy (non-hydrogen) atoms. The van der Waals surface area contributed by atoms with E-state index in [9.17, 15) is 0 Å². The molecule has 2 aromatic heterocycles. The van der Waals surface area contributed by atoms with Crippen molar-refractivity contribution in [3.8, 4) is 0 Å². The summed E-state index contributed by atoms with van der Waals surface area (Å²) in [5.41, 5.74) is 1.42. The topological polar surface area (TPSA) is 34.0 Å². The molecule has 0 radical (unpaired) electrons. The Kier molecular flexibility index (Phi) is 2.94. The van der Waals surface area contributed by atoms with Crippen molar-refractivity contribution >= 4 is 11.3 Å². The van der Waals surface area contributed by atoms with Gasteiger partial charge in [0.25, 0.3) is 0 Å². The van der Waals surface area contributed by atoms with Gasteiger partial charge in [-0.25, -0.2) is 4.68 Å². The van der Waals surface area contributed by atoms with Gasteiger partial charge in [0.05, 0.1) is 12.2 Å². The van der Waals surface area contributed by atoms with Gasteiger partial charge >= 0.3 is 0 Å². The van der Waals surface area contributed by atoms with Crippen LogP contribution in [0.2, 0.25) is 0 Å². The number of hydrogen-bond acceptors (Lipinski definition) is 4. The molecule has 0 spiro atoms. The molecule has 1 aliphatic heterocycles. The number of nitrogens with zero attached hydrogens (tertiary/aromatic N) is 4. The van der Waals surface area contributed by atoms with E-state index in [1.807, 2.05) is 22.2 Å². The summed E-state index contributed by atoms with van der Waals surface area (Å²) >= 11 is 1.86. The van der Waals surface area contributed by atoms with E-state index in [0.29, 0.717) is 6.04 Å². The van der Waals surface area contributed by atoms with Crippen LogP contribution in [-0.2, 0) is 6.54 Å². The van der Waals surface area contributed by atoms with Crippen LogP contribution in [0.25, 0.3) is 0 Å². The summed E-state index contributed by atoms with van der Waals surface area (Å²) in [6.07, 6.45) is 4.89. The largest absolute Gasteiger partial charge is 0.296 e. The average Bonchev–Trinajstić information content (AvgIpc) is 3.02. The van der Waals surface area contributed by atoms with Crippen LogP contribution in [0, 0.1) is 6.92 Å². The van der Waals surface area contributed by atoms with Gasteiger partial charge in [-0.1, -0.05) is 5.21 Å². The SMILES string of the molecule is Cc1ccsc1CN1CCC(n2ccnn2)C1. The number of hydrogen-bond donors (Lipinski definition) is 0. The second kappa shape index (κ2) is 4.58. The second-order valence-corrected chi connectivity index (χ2v) is 5.59. The number of likely N-dealkylation sites (tertiary alicyclic amines) is 1. The van der Waals surface area contributed by atoms with Crippen molar-refractivity contribution in [3.63, 3.8) is 0 Å². The van der Waals surface area contributed by atoms with Gasteiger partial charge in [-0.15, -0.1) is 16.4 Å². The summed E-state index contributed by atoms with van der Waals surface area (Å²) in [5, 5.41) is 10.1. The highest BCUT2D eigenvalue weighted by Crippen LogP contribution is 2.24. The third-order valence-corrected chi connectivity index (χ3v) is 4.41. The van der Waals surface area contributed by atoms with Crippen molar-refractivity contribution < 1.29 is 0 Å². The van der Waals surface area contributed by atoms with Crippen LogP contribution in [0.4, 0.5) is 0 Å². The Labute approximate surface area is 105 Å². The van der Waals surface area contributed by atoms with Gasteiger partial charge in [-0.2, -0.15) is 0 Å². The van der Waals surface area contributed by atoms with Crippen LogP contribution in [0.5, 0.6) is 0 Å². The van der Waals surface area contributed by atoms with E-state index in [2.05, 4.69) is 33.6 Å². The zero-order valence-electron chi connectivity index (χ0n) is 9.91. The maximum Gasteiger partial charge on any atom is 0.0693 e. The molecule has 2 aromatic rings. The highest BCUT2D eigenvalue weighted by molar-refractivity contribution is 7.10. The van der Waals surface area contributed by atoms with E-state index in [1.54, 1.807) is 6.20 Å². The fourth-order valence-electron chi connectivity index (χ4n) is 2.35. The standard InChI is InChI=1S/C12H16N4S/c1-10-3-7-17-12(10)9-15-5-2-11(8-15)16-6-4-13-14-16/h3-4,6-7,11H,2,5,8-9H2,1H3. The molecule has 1 aliphatic rings. The third-order valence-electron chi connectivity index (χ3n) is 3.40. The van der Waals surface area contributed by atoms with Crippen molar-refractivity contribution in [2.75, 3.05) is 13.1 Å². The molecule has 1 fully saturated rings. The predicted octanol–water partition coefficient (Wildman–Crippen LogP) is 2.10. The number of aromatic nitrogens is 3. The fraction of sp³-hybridized carbons (Fsp3) is 0.500. The first-order valence-electron chi connectivity index (χ1n) is 5.94. The molecule has 90 valence electrons. The van der Waals surface area contributed by atoms with Crippen LogP contribution in [0.15, 0.2) is 23.8 Å². The Bertz CT molecular complexity index is 476. The van der Waals surface area contributed by atoms with Gasteiger partial charge in [0.1, 0.15) is 0 Å². The highest BCUT2D eigenvalue weighted by Gasteiger charge is 2.24. The van der Waals surface area contributed by atoms with E-state index < -0.39 is 0 Å². The van der Waals surface area contributed by atoms with Gasteiger partial charge in [0.15, 0.2) is 0 Å². The monoisotopic (exact) mass is 248 g/mol. The van der Waals surface area contributed by atoms with Crippen LogP contribution >= 0.6 is 11.3 Å². The van der Waals surface area contributed by atoms with Crippen LogP contribution < -0.4 is 0 Å². The Morgan fingerprint density at radius 2 is 2.47 bits per heavy atom. The molecule has 0 aliphatic carbocycles. The molecule has 3 rings (SSSR count). The van der Waals surface area contributed by atoms with Gasteiger partial charge in [0, 0.05) is 30.7 Å². The van der Waals surface area contributed by atoms with E-state index in [-0.39, 0.29) is 0 Å². The maximum atomic E-state index is 4.09. The van der Waals surface area contributed by atoms with E-state index in [1.165, 1.54) is 16.9 Å². The Morgan fingerprint density at radius 1 is 1.53 bits per heavy atom. The molecular weight excluding hydrogens is 232 g/mol. The number of aryl methyl sites for hydroxylation is 1. The summed E-state index contributed by atoms with van der Waals surface area (Å²) in [7, 11) is 0. The molecule has 1 unspecified atom stereocenters. The van der Waals surface area contributed by atoms with Gasteiger partial charge in [-0.05, 0) is 30.4 Å². The lowest BCUT2D eigenvalue weighted by Gasteiger charge is -2.15. The van der Waals surface area contributed by atoms with Gasteiger partial charge in [-0.3, -0.25) is 4.90 Å². The highest BCUT2D eigenvalue weighted by atomic mass is 32.1. The van der Waals surface area contributed by atoms with E-state index in [0.717, 1.165) is 19.6 Å². The first-order valence-corrected chi connectivity index (χ1v) is 6.82. The summed E-state index contributed by atoms with van der Waals surface area (Å²) in [5.74, 6) is 0. The average molecular weight is 248 g/mol. The zero-order chi connectivity index (χ0) is 11.7. The second-order valence-electron chi connectivity index (χ2n) is 4.59. The predicted molar refractivity (Wildman–Crippen MR) is 68.0 cm³/mol. The van der Waals surface area contributed by atoms with Gasteiger partial charge in [0.2, 0.25) is 0 Å². The molecule has 0 aromatic carbocycles.